The van der Waals surface area contributed by atoms with E-state index in [-0.39, 0.29) is 0 Å². The van der Waals surface area contributed by atoms with Crippen molar-refractivity contribution in [3.8, 4) is 0 Å². The van der Waals surface area contributed by atoms with Gasteiger partial charge < -0.3 is 0 Å². The molecule has 0 bridgehead atoms. The van der Waals surface area contributed by atoms with Gasteiger partial charge in [-0.1, -0.05) is 108 Å². The molecule has 0 aliphatic rings. The Balaban J connectivity index is 2.91. The summed E-state index contributed by atoms with van der Waals surface area (Å²) in [6.07, 6.45) is 26.8. The first-order chi connectivity index (χ1) is 10.4. The Morgan fingerprint density at radius 2 is 0.762 bits per heavy atom. The van der Waals surface area contributed by atoms with Crippen LogP contribution < -0.4 is 0 Å². The highest BCUT2D eigenvalue weighted by Crippen LogP contribution is 2.14. The number of hydrogen-bond donors (Lipinski definition) is 0. The number of hydrogen-bond acceptors (Lipinski definition) is 0. The lowest BCUT2D eigenvalue weighted by Crippen LogP contribution is -1.83. The van der Waals surface area contributed by atoms with Crippen molar-refractivity contribution in [2.75, 3.05) is 0 Å². The van der Waals surface area contributed by atoms with E-state index in [2.05, 4.69) is 6.58 Å². The molecule has 0 aromatic rings. The van der Waals surface area contributed by atoms with E-state index < -0.39 is 0 Å². The first-order valence-corrected chi connectivity index (χ1v) is 11.4. The van der Waals surface area contributed by atoms with Gasteiger partial charge in [0.1, 0.15) is 0 Å². The van der Waals surface area contributed by atoms with Crippen LogP contribution in [0.5, 0.6) is 0 Å². The maximum absolute atomic E-state index is 3.77. The van der Waals surface area contributed by atoms with Crippen LogP contribution in [0.15, 0.2) is 12.7 Å². The predicted octanol–water partition coefficient (Wildman–Crippen LogP) is 6.59. The molecule has 21 heavy (non-hydrogen) atoms. The highest BCUT2D eigenvalue weighted by atomic mass is 28.1. The zero-order chi connectivity index (χ0) is 15.4. The fraction of sp³-hybridized carbons (Fsp3) is 0.900. The maximum atomic E-state index is 3.77. The molecule has 0 saturated heterocycles. The Kier molecular flexibility index (Phi) is 19.9. The quantitative estimate of drug-likeness (QED) is 0.152. The van der Waals surface area contributed by atoms with E-state index in [4.69, 9.17) is 0 Å². The van der Waals surface area contributed by atoms with Gasteiger partial charge >= 0.3 is 0 Å². The van der Waals surface area contributed by atoms with Crippen molar-refractivity contribution >= 4 is 10.2 Å². The third-order valence-electron chi connectivity index (χ3n) is 4.51. The fourth-order valence-corrected chi connectivity index (χ4v) is 3.51. The standard InChI is InChI=1S/C20H42Si/c1-2-3-4-5-6-7-8-9-10-11-12-13-14-15-16-17-18-19-20-21/h2H,1,3-20H2,21H3. The second kappa shape index (κ2) is 20.0. The van der Waals surface area contributed by atoms with E-state index >= 15 is 0 Å². The molecule has 0 fully saturated rings. The predicted molar refractivity (Wildman–Crippen MR) is 103 cm³/mol. The normalized spacial score (nSPS) is 11.0. The summed E-state index contributed by atoms with van der Waals surface area (Å²) in [4.78, 5) is 0. The van der Waals surface area contributed by atoms with Gasteiger partial charge in [-0.25, -0.2) is 0 Å². The molecule has 0 nitrogen and oxygen atoms in total. The highest BCUT2D eigenvalue weighted by Gasteiger charge is 1.94. The summed E-state index contributed by atoms with van der Waals surface area (Å²) in [6.45, 7) is 3.77. The van der Waals surface area contributed by atoms with Gasteiger partial charge in [0.2, 0.25) is 0 Å². The van der Waals surface area contributed by atoms with Crippen LogP contribution in [0.25, 0.3) is 0 Å². The van der Waals surface area contributed by atoms with Crippen LogP contribution in [0.3, 0.4) is 0 Å². The van der Waals surface area contributed by atoms with Crippen molar-refractivity contribution in [2.24, 2.45) is 0 Å². The molecule has 0 aliphatic carbocycles. The fourth-order valence-electron chi connectivity index (χ4n) is 3.01. The molecule has 126 valence electrons. The summed E-state index contributed by atoms with van der Waals surface area (Å²) in [6, 6.07) is 1.51. The molecular weight excluding hydrogens is 268 g/mol. The Morgan fingerprint density at radius 3 is 1.05 bits per heavy atom. The lowest BCUT2D eigenvalue weighted by atomic mass is 10.0. The largest absolute Gasteiger partial charge is 0.103 e. The van der Waals surface area contributed by atoms with E-state index in [0.717, 1.165) is 0 Å². The Morgan fingerprint density at radius 1 is 0.476 bits per heavy atom. The molecule has 0 spiro atoms. The van der Waals surface area contributed by atoms with E-state index in [0.29, 0.717) is 0 Å². The molecule has 0 aliphatic heterocycles. The van der Waals surface area contributed by atoms with E-state index in [9.17, 15) is 0 Å². The molecule has 1 heteroatoms. The van der Waals surface area contributed by atoms with Crippen LogP contribution in [0.2, 0.25) is 6.04 Å². The SMILES string of the molecule is C=CCCCCCCCCCCCCCCCCCC[SiH3]. The first-order valence-electron chi connectivity index (χ1n) is 10.0. The van der Waals surface area contributed by atoms with Crippen LogP contribution in [-0.2, 0) is 0 Å². The molecule has 0 unspecified atom stereocenters. The number of rotatable bonds is 18. The average molecular weight is 311 g/mol. The smallest absolute Gasteiger partial charge is 0.00279 e. The highest BCUT2D eigenvalue weighted by molar-refractivity contribution is 6.08. The summed E-state index contributed by atoms with van der Waals surface area (Å²) >= 11 is 0. The average Bonchev–Trinajstić information content (AvgIpc) is 2.50. The Labute approximate surface area is 138 Å². The van der Waals surface area contributed by atoms with Crippen LogP contribution in [-0.4, -0.2) is 10.2 Å². The number of unbranched alkanes of at least 4 members (excludes halogenated alkanes) is 16. The monoisotopic (exact) mass is 310 g/mol. The van der Waals surface area contributed by atoms with E-state index in [1.165, 1.54) is 125 Å². The minimum absolute atomic E-state index is 1.21. The van der Waals surface area contributed by atoms with Crippen molar-refractivity contribution in [3.63, 3.8) is 0 Å². The second-order valence-corrected chi connectivity index (χ2v) is 7.73. The molecule has 0 rings (SSSR count). The van der Waals surface area contributed by atoms with Gasteiger partial charge in [0.25, 0.3) is 0 Å². The van der Waals surface area contributed by atoms with Gasteiger partial charge in [-0.15, -0.1) is 6.58 Å². The first kappa shape index (κ1) is 21.0. The second-order valence-electron chi connectivity index (χ2n) is 6.73. The minimum atomic E-state index is 1.21. The van der Waals surface area contributed by atoms with Crippen molar-refractivity contribution < 1.29 is 0 Å². The van der Waals surface area contributed by atoms with Crippen molar-refractivity contribution in [2.45, 2.75) is 115 Å². The summed E-state index contributed by atoms with van der Waals surface area (Å²) in [7, 11) is 1.41. The van der Waals surface area contributed by atoms with Gasteiger partial charge in [-0.05, 0) is 12.8 Å². The van der Waals surface area contributed by atoms with Crippen molar-refractivity contribution in [1.29, 1.82) is 0 Å². The summed E-state index contributed by atoms with van der Waals surface area (Å²) < 4.78 is 0. The third-order valence-corrected chi connectivity index (χ3v) is 5.22. The van der Waals surface area contributed by atoms with Gasteiger partial charge in [0.05, 0.1) is 0 Å². The zero-order valence-corrected chi connectivity index (χ0v) is 17.0. The molecule has 0 heterocycles. The van der Waals surface area contributed by atoms with Crippen LogP contribution in [0.1, 0.15) is 109 Å². The van der Waals surface area contributed by atoms with Gasteiger partial charge in [0.15, 0.2) is 0 Å². The molecular formula is C20H42Si. The zero-order valence-electron chi connectivity index (χ0n) is 15.0. The van der Waals surface area contributed by atoms with Crippen LogP contribution in [0.4, 0.5) is 0 Å². The van der Waals surface area contributed by atoms with E-state index in [1.807, 2.05) is 6.08 Å². The molecule has 0 aromatic heterocycles. The molecule has 0 saturated carbocycles. The Bertz CT molecular complexity index is 188. The van der Waals surface area contributed by atoms with Crippen molar-refractivity contribution in [3.05, 3.63) is 12.7 Å². The topological polar surface area (TPSA) is 0 Å². The summed E-state index contributed by atoms with van der Waals surface area (Å²) in [5, 5.41) is 0. The third kappa shape index (κ3) is 20.0. The molecule has 0 atom stereocenters. The lowest BCUT2D eigenvalue weighted by Gasteiger charge is -2.03. The van der Waals surface area contributed by atoms with Crippen molar-refractivity contribution in [1.82, 2.24) is 0 Å². The maximum Gasteiger partial charge on any atom is 0.00279 e. The number of allylic oxidation sites excluding steroid dienone is 1. The molecule has 0 radical (unpaired) electrons. The van der Waals surface area contributed by atoms with Crippen LogP contribution in [0, 0.1) is 0 Å². The Hall–Kier alpha value is -0.0431. The van der Waals surface area contributed by atoms with Gasteiger partial charge in [-0.3, -0.25) is 0 Å². The molecule has 0 N–H and O–H groups in total. The molecule has 0 amide bonds. The van der Waals surface area contributed by atoms with Crippen LogP contribution >= 0.6 is 0 Å². The van der Waals surface area contributed by atoms with Gasteiger partial charge in [-0.2, -0.15) is 0 Å². The molecule has 0 aromatic carbocycles. The summed E-state index contributed by atoms with van der Waals surface area (Å²) in [5.41, 5.74) is 0. The van der Waals surface area contributed by atoms with E-state index in [1.54, 1.807) is 0 Å². The van der Waals surface area contributed by atoms with Gasteiger partial charge in [0, 0.05) is 10.2 Å². The minimum Gasteiger partial charge on any atom is -0.103 e. The lowest BCUT2D eigenvalue weighted by molar-refractivity contribution is 0.530. The summed E-state index contributed by atoms with van der Waals surface area (Å²) in [5.74, 6) is 0.